The van der Waals surface area contributed by atoms with Gasteiger partial charge in [-0.2, -0.15) is 0 Å². The van der Waals surface area contributed by atoms with Gasteiger partial charge < -0.3 is 5.32 Å². The fraction of sp³-hybridized carbons (Fsp3) is 0.273. The summed E-state index contributed by atoms with van der Waals surface area (Å²) in [6.45, 7) is 3.80. The second-order valence-corrected chi connectivity index (χ2v) is 4.17. The van der Waals surface area contributed by atoms with Crippen LogP contribution in [0.1, 0.15) is 24.3 Å². The number of nitrogens with one attached hydrogen (secondary N) is 1. The van der Waals surface area contributed by atoms with E-state index in [9.17, 15) is 4.79 Å². The van der Waals surface area contributed by atoms with Crippen LogP contribution in [0.5, 0.6) is 0 Å². The number of amides is 1. The molecule has 2 heterocycles. The highest BCUT2D eigenvalue weighted by Gasteiger charge is 2.17. The normalized spacial score (nSPS) is 11.0. The maximum absolute atomic E-state index is 11.9. The fourth-order valence-corrected chi connectivity index (χ4v) is 1.76. The summed E-state index contributed by atoms with van der Waals surface area (Å²) in [4.78, 5) is 16.0. The number of hydrogen-bond donors (Lipinski definition) is 1. The van der Waals surface area contributed by atoms with Crippen LogP contribution in [0.25, 0.3) is 5.65 Å². The Balaban J connectivity index is 2.51. The highest BCUT2D eigenvalue weighted by Crippen LogP contribution is 2.17. The van der Waals surface area contributed by atoms with Crippen LogP contribution in [0.15, 0.2) is 24.4 Å². The molecule has 16 heavy (non-hydrogen) atoms. The number of imidazole rings is 1. The first-order valence-electron chi connectivity index (χ1n) is 5.03. The van der Waals surface area contributed by atoms with Crippen molar-refractivity contribution in [1.29, 1.82) is 0 Å². The molecule has 0 saturated heterocycles. The second kappa shape index (κ2) is 4.14. The first-order chi connectivity index (χ1) is 7.59. The molecular weight excluding hydrogens is 226 g/mol. The monoisotopic (exact) mass is 237 g/mol. The maximum Gasteiger partial charge on any atom is 0.271 e. The first-order valence-corrected chi connectivity index (χ1v) is 5.41. The molecule has 1 amide bonds. The van der Waals surface area contributed by atoms with Crippen LogP contribution in [0, 0.1) is 0 Å². The summed E-state index contributed by atoms with van der Waals surface area (Å²) in [5, 5.41) is 3.02. The van der Waals surface area contributed by atoms with E-state index in [1.54, 1.807) is 16.7 Å². The second-order valence-electron chi connectivity index (χ2n) is 3.81. The van der Waals surface area contributed by atoms with Crippen molar-refractivity contribution >= 4 is 23.2 Å². The molecule has 0 atom stereocenters. The molecule has 0 aliphatic carbocycles. The molecule has 0 aliphatic heterocycles. The van der Waals surface area contributed by atoms with Crippen molar-refractivity contribution in [2.75, 3.05) is 0 Å². The van der Waals surface area contributed by atoms with Gasteiger partial charge in [-0.25, -0.2) is 4.98 Å². The van der Waals surface area contributed by atoms with E-state index in [0.717, 1.165) is 0 Å². The Morgan fingerprint density at radius 1 is 1.50 bits per heavy atom. The minimum absolute atomic E-state index is 0.0674. The Hall–Kier alpha value is -1.55. The average molecular weight is 238 g/mol. The molecule has 0 unspecified atom stereocenters. The van der Waals surface area contributed by atoms with Crippen LogP contribution in [-0.2, 0) is 0 Å². The molecule has 0 bridgehead atoms. The van der Waals surface area contributed by atoms with Crippen LogP contribution in [0.2, 0.25) is 5.15 Å². The van der Waals surface area contributed by atoms with Gasteiger partial charge in [0, 0.05) is 12.2 Å². The van der Waals surface area contributed by atoms with Crippen molar-refractivity contribution in [2.24, 2.45) is 0 Å². The molecule has 2 rings (SSSR count). The Bertz CT molecular complexity index is 533. The summed E-state index contributed by atoms with van der Waals surface area (Å²) in [6, 6.07) is 5.55. The van der Waals surface area contributed by atoms with Crippen molar-refractivity contribution in [3.05, 3.63) is 35.2 Å². The Labute approximate surface area is 98.2 Å². The molecule has 0 saturated carbocycles. The molecule has 5 heteroatoms. The van der Waals surface area contributed by atoms with Crippen LogP contribution >= 0.6 is 11.6 Å². The summed E-state index contributed by atoms with van der Waals surface area (Å²) in [7, 11) is 0. The lowest BCUT2D eigenvalue weighted by molar-refractivity contribution is 0.0937. The molecule has 0 aliphatic rings. The highest BCUT2D eigenvalue weighted by molar-refractivity contribution is 6.32. The molecule has 0 fully saturated rings. The predicted octanol–water partition coefficient (Wildman–Crippen LogP) is 2.13. The highest BCUT2D eigenvalue weighted by atomic mass is 35.5. The summed E-state index contributed by atoms with van der Waals surface area (Å²) < 4.78 is 1.68. The van der Waals surface area contributed by atoms with Crippen LogP contribution in [0.4, 0.5) is 0 Å². The number of nitrogens with zero attached hydrogens (tertiary/aromatic N) is 2. The topological polar surface area (TPSA) is 46.4 Å². The van der Waals surface area contributed by atoms with Gasteiger partial charge in [0.1, 0.15) is 5.65 Å². The minimum Gasteiger partial charge on any atom is -0.348 e. The minimum atomic E-state index is -0.210. The molecule has 0 radical (unpaired) electrons. The standard InChI is InChI=1S/C11H12ClN3O/c1-7(2)13-11(16)9-10(12)14-8-5-3-4-6-15(8)9/h3-7H,1-2H3,(H,13,16). The zero-order valence-electron chi connectivity index (χ0n) is 9.07. The average Bonchev–Trinajstić information content (AvgIpc) is 2.52. The van der Waals surface area contributed by atoms with E-state index >= 15 is 0 Å². The van der Waals surface area contributed by atoms with Crippen molar-refractivity contribution < 1.29 is 4.79 Å². The first kappa shape index (κ1) is 11.0. The van der Waals surface area contributed by atoms with Gasteiger partial charge in [-0.1, -0.05) is 17.7 Å². The lowest BCUT2D eigenvalue weighted by Crippen LogP contribution is -2.31. The fourth-order valence-electron chi connectivity index (χ4n) is 1.50. The zero-order chi connectivity index (χ0) is 11.7. The van der Waals surface area contributed by atoms with E-state index in [2.05, 4.69) is 10.3 Å². The number of aromatic nitrogens is 2. The van der Waals surface area contributed by atoms with Crippen LogP contribution in [-0.4, -0.2) is 21.3 Å². The van der Waals surface area contributed by atoms with Crippen molar-refractivity contribution in [3.8, 4) is 0 Å². The van der Waals surface area contributed by atoms with Crippen LogP contribution < -0.4 is 5.32 Å². The lowest BCUT2D eigenvalue weighted by atomic mass is 10.3. The van der Waals surface area contributed by atoms with E-state index in [1.807, 2.05) is 26.0 Å². The van der Waals surface area contributed by atoms with E-state index in [4.69, 9.17) is 11.6 Å². The van der Waals surface area contributed by atoms with Gasteiger partial charge in [0.2, 0.25) is 0 Å². The Kier molecular flexibility index (Phi) is 2.83. The van der Waals surface area contributed by atoms with Crippen LogP contribution in [0.3, 0.4) is 0 Å². The SMILES string of the molecule is CC(C)NC(=O)c1c(Cl)nc2ccccn12. The maximum atomic E-state index is 11.9. The molecule has 2 aromatic rings. The van der Waals surface area contributed by atoms with E-state index in [1.165, 1.54) is 0 Å². The number of halogens is 1. The molecule has 0 spiro atoms. The number of rotatable bonds is 2. The van der Waals surface area contributed by atoms with Gasteiger partial charge in [-0.15, -0.1) is 0 Å². The van der Waals surface area contributed by atoms with E-state index in [0.29, 0.717) is 11.3 Å². The smallest absolute Gasteiger partial charge is 0.271 e. The van der Waals surface area contributed by atoms with Gasteiger partial charge >= 0.3 is 0 Å². The number of fused-ring (bicyclic) bond motifs is 1. The number of pyridine rings is 1. The Morgan fingerprint density at radius 2 is 2.25 bits per heavy atom. The number of carbonyl (C=O) groups is 1. The predicted molar refractivity (Wildman–Crippen MR) is 62.8 cm³/mol. The zero-order valence-corrected chi connectivity index (χ0v) is 9.82. The summed E-state index contributed by atoms with van der Waals surface area (Å²) in [5.74, 6) is -0.210. The van der Waals surface area contributed by atoms with Gasteiger partial charge in [0.15, 0.2) is 10.8 Å². The van der Waals surface area contributed by atoms with Gasteiger partial charge in [0.25, 0.3) is 5.91 Å². The molecule has 84 valence electrons. The van der Waals surface area contributed by atoms with Gasteiger partial charge in [-0.3, -0.25) is 9.20 Å². The van der Waals surface area contributed by atoms with E-state index in [-0.39, 0.29) is 17.1 Å². The third-order valence-corrected chi connectivity index (χ3v) is 2.39. The summed E-state index contributed by atoms with van der Waals surface area (Å²) in [6.07, 6.45) is 1.77. The lowest BCUT2D eigenvalue weighted by Gasteiger charge is -2.07. The quantitative estimate of drug-likeness (QED) is 0.870. The van der Waals surface area contributed by atoms with E-state index < -0.39 is 0 Å². The molecule has 0 aromatic carbocycles. The Morgan fingerprint density at radius 3 is 2.94 bits per heavy atom. The molecule has 1 N–H and O–H groups in total. The summed E-state index contributed by atoms with van der Waals surface area (Å²) >= 11 is 5.95. The molecular formula is C11H12ClN3O. The molecule has 4 nitrogen and oxygen atoms in total. The van der Waals surface area contributed by atoms with Crippen molar-refractivity contribution in [3.63, 3.8) is 0 Å². The third-order valence-electron chi connectivity index (χ3n) is 2.12. The van der Waals surface area contributed by atoms with Crippen molar-refractivity contribution in [2.45, 2.75) is 19.9 Å². The van der Waals surface area contributed by atoms with Gasteiger partial charge in [0.05, 0.1) is 0 Å². The third kappa shape index (κ3) is 1.88. The summed E-state index contributed by atoms with van der Waals surface area (Å²) in [5.41, 5.74) is 1.05. The number of carbonyl (C=O) groups excluding carboxylic acids is 1. The van der Waals surface area contributed by atoms with Gasteiger partial charge in [-0.05, 0) is 26.0 Å². The van der Waals surface area contributed by atoms with Crippen molar-refractivity contribution in [1.82, 2.24) is 14.7 Å². The number of hydrogen-bond acceptors (Lipinski definition) is 2. The largest absolute Gasteiger partial charge is 0.348 e. The molecule has 2 aromatic heterocycles.